The maximum absolute atomic E-state index is 12.2. The van der Waals surface area contributed by atoms with Crippen molar-refractivity contribution < 1.29 is 9.53 Å². The first kappa shape index (κ1) is 11.6. The molecule has 3 fully saturated rings. The van der Waals surface area contributed by atoms with Gasteiger partial charge in [0.2, 0.25) is 0 Å². The van der Waals surface area contributed by atoms with Crippen LogP contribution in [0.3, 0.4) is 0 Å². The van der Waals surface area contributed by atoms with Crippen LogP contribution in [-0.2, 0) is 9.53 Å². The van der Waals surface area contributed by atoms with E-state index >= 15 is 0 Å². The molecule has 0 spiro atoms. The topological polar surface area (TPSA) is 26.3 Å². The van der Waals surface area contributed by atoms with Gasteiger partial charge in [-0.25, -0.2) is 0 Å². The van der Waals surface area contributed by atoms with E-state index in [0.717, 1.165) is 19.3 Å². The Labute approximate surface area is 107 Å². The molecule has 0 aromatic heterocycles. The normalized spacial score (nSPS) is 53.2. The van der Waals surface area contributed by atoms with E-state index < -0.39 is 0 Å². The third-order valence-corrected chi connectivity index (χ3v) is 6.17. The summed E-state index contributed by atoms with van der Waals surface area (Å²) in [7, 11) is 0. The summed E-state index contributed by atoms with van der Waals surface area (Å²) in [4.78, 5) is 12.2. The van der Waals surface area contributed by atoms with Crippen LogP contribution in [0.5, 0.6) is 0 Å². The van der Waals surface area contributed by atoms with Gasteiger partial charge in [-0.05, 0) is 25.2 Å². The molecule has 2 saturated carbocycles. The summed E-state index contributed by atoms with van der Waals surface area (Å²) in [5.41, 5.74) is -0.494. The Kier molecular flexibility index (Phi) is 2.24. The molecule has 3 aliphatic rings. The number of Topliss-reactive ketones (excluding diaryl/α,β-unsaturated/α-hetero) is 1. The number of hydrogen-bond acceptors (Lipinski definition) is 2. The number of carbonyl (C=O) groups is 1. The van der Waals surface area contributed by atoms with Gasteiger partial charge in [-0.1, -0.05) is 20.4 Å². The third kappa shape index (κ3) is 1.11. The minimum absolute atomic E-state index is 0.0125. The summed E-state index contributed by atoms with van der Waals surface area (Å²) >= 11 is 6.56. The van der Waals surface area contributed by atoms with Crippen molar-refractivity contribution in [3.8, 4) is 0 Å². The number of alkyl halides is 1. The second-order valence-corrected chi connectivity index (χ2v) is 6.61. The number of allylic oxidation sites excluding steroid dienone is 1. The van der Waals surface area contributed by atoms with Gasteiger partial charge in [0.15, 0.2) is 0 Å². The molecule has 94 valence electrons. The SMILES string of the molecule is C=C1OC23CCC(=O)C1C2(C)C(C)CCC3Cl. The summed E-state index contributed by atoms with van der Waals surface area (Å²) < 4.78 is 6.09. The standard InChI is InChI=1S/C14H19ClO2/c1-8-4-5-11(15)14-7-6-10(16)12(9(2)17-14)13(8,14)3/h8,11-12H,2,4-7H2,1,3H3. The quantitative estimate of drug-likeness (QED) is 0.620. The minimum Gasteiger partial charge on any atom is -0.489 e. The molecule has 5 unspecified atom stereocenters. The van der Waals surface area contributed by atoms with Crippen LogP contribution >= 0.6 is 11.6 Å². The van der Waals surface area contributed by atoms with Crippen LogP contribution in [0.1, 0.15) is 39.5 Å². The zero-order valence-electron chi connectivity index (χ0n) is 10.5. The highest BCUT2D eigenvalue weighted by molar-refractivity contribution is 6.21. The first-order chi connectivity index (χ1) is 7.93. The maximum atomic E-state index is 12.2. The molecule has 5 atom stereocenters. The third-order valence-electron chi connectivity index (χ3n) is 5.59. The van der Waals surface area contributed by atoms with Crippen LogP contribution in [0.4, 0.5) is 0 Å². The fourth-order valence-corrected chi connectivity index (χ4v) is 4.97. The number of ether oxygens (including phenoxy) is 1. The van der Waals surface area contributed by atoms with E-state index in [9.17, 15) is 4.79 Å². The Morgan fingerprint density at radius 3 is 2.88 bits per heavy atom. The zero-order valence-corrected chi connectivity index (χ0v) is 11.2. The summed E-state index contributed by atoms with van der Waals surface area (Å²) in [6, 6.07) is 0. The van der Waals surface area contributed by atoms with Gasteiger partial charge in [-0.2, -0.15) is 0 Å². The Hall–Kier alpha value is -0.500. The second kappa shape index (κ2) is 3.28. The number of ketones is 1. The smallest absolute Gasteiger partial charge is 0.144 e. The molecule has 1 aliphatic heterocycles. The number of carbonyl (C=O) groups excluding carboxylic acids is 1. The average Bonchev–Trinajstić information content (AvgIpc) is 2.42. The summed E-state index contributed by atoms with van der Waals surface area (Å²) in [5.74, 6) is 1.29. The molecule has 2 nitrogen and oxygen atoms in total. The molecule has 3 rings (SSSR count). The predicted octanol–water partition coefficient (Wildman–Crippen LogP) is 3.29. The monoisotopic (exact) mass is 254 g/mol. The van der Waals surface area contributed by atoms with E-state index in [1.807, 2.05) is 0 Å². The lowest BCUT2D eigenvalue weighted by Gasteiger charge is -2.55. The maximum Gasteiger partial charge on any atom is 0.144 e. The molecule has 0 aromatic carbocycles. The molecular weight excluding hydrogens is 236 g/mol. The Morgan fingerprint density at radius 2 is 2.18 bits per heavy atom. The lowest BCUT2D eigenvalue weighted by atomic mass is 9.50. The Morgan fingerprint density at radius 1 is 1.47 bits per heavy atom. The van der Waals surface area contributed by atoms with Crippen molar-refractivity contribution in [1.82, 2.24) is 0 Å². The van der Waals surface area contributed by atoms with Gasteiger partial charge in [0.05, 0.1) is 11.3 Å². The van der Waals surface area contributed by atoms with Crippen molar-refractivity contribution in [1.29, 1.82) is 0 Å². The van der Waals surface area contributed by atoms with E-state index in [2.05, 4.69) is 20.4 Å². The largest absolute Gasteiger partial charge is 0.489 e. The first-order valence-corrected chi connectivity index (χ1v) is 6.91. The van der Waals surface area contributed by atoms with E-state index in [1.165, 1.54) is 0 Å². The highest BCUT2D eigenvalue weighted by Gasteiger charge is 2.71. The minimum atomic E-state index is -0.345. The van der Waals surface area contributed by atoms with Crippen LogP contribution in [0.2, 0.25) is 0 Å². The molecule has 3 heteroatoms. The molecule has 0 radical (unpaired) electrons. The molecule has 1 heterocycles. The van der Waals surface area contributed by atoms with Gasteiger partial charge in [0.25, 0.3) is 0 Å². The summed E-state index contributed by atoms with van der Waals surface area (Å²) in [5, 5.41) is 0.0125. The first-order valence-electron chi connectivity index (χ1n) is 6.48. The molecule has 0 amide bonds. The summed E-state index contributed by atoms with van der Waals surface area (Å²) in [6.45, 7) is 8.39. The molecule has 2 bridgehead atoms. The van der Waals surface area contributed by atoms with Crippen LogP contribution in [0.15, 0.2) is 12.3 Å². The van der Waals surface area contributed by atoms with Gasteiger partial charge in [0, 0.05) is 11.8 Å². The molecular formula is C14H19ClO2. The fraction of sp³-hybridized carbons (Fsp3) is 0.786. The van der Waals surface area contributed by atoms with Crippen molar-refractivity contribution in [2.75, 3.05) is 0 Å². The molecule has 17 heavy (non-hydrogen) atoms. The number of hydrogen-bond donors (Lipinski definition) is 0. The van der Waals surface area contributed by atoms with Crippen LogP contribution in [0.25, 0.3) is 0 Å². The van der Waals surface area contributed by atoms with Crippen molar-refractivity contribution >= 4 is 17.4 Å². The highest BCUT2D eigenvalue weighted by atomic mass is 35.5. The summed E-state index contributed by atoms with van der Waals surface area (Å²) in [6.07, 6.45) is 3.41. The van der Waals surface area contributed by atoms with Crippen LogP contribution < -0.4 is 0 Å². The second-order valence-electron chi connectivity index (χ2n) is 6.09. The number of halogens is 1. The van der Waals surface area contributed by atoms with Gasteiger partial charge >= 0.3 is 0 Å². The highest BCUT2D eigenvalue weighted by Crippen LogP contribution is 2.66. The average molecular weight is 255 g/mol. The molecule has 1 saturated heterocycles. The van der Waals surface area contributed by atoms with Gasteiger partial charge in [-0.3, -0.25) is 4.79 Å². The van der Waals surface area contributed by atoms with Gasteiger partial charge < -0.3 is 4.74 Å². The molecule has 2 aliphatic carbocycles. The van der Waals surface area contributed by atoms with Gasteiger partial charge in [-0.15, -0.1) is 11.6 Å². The Bertz CT molecular complexity index is 405. The fourth-order valence-electron chi connectivity index (χ4n) is 4.46. The Balaban J connectivity index is 2.18. The van der Waals surface area contributed by atoms with E-state index in [4.69, 9.17) is 16.3 Å². The van der Waals surface area contributed by atoms with E-state index in [-0.39, 0.29) is 22.3 Å². The van der Waals surface area contributed by atoms with Crippen molar-refractivity contribution in [3.63, 3.8) is 0 Å². The van der Waals surface area contributed by atoms with Crippen molar-refractivity contribution in [3.05, 3.63) is 12.3 Å². The molecule has 0 N–H and O–H groups in total. The van der Waals surface area contributed by atoms with Crippen LogP contribution in [-0.4, -0.2) is 16.8 Å². The lowest BCUT2D eigenvalue weighted by molar-refractivity contribution is -0.147. The predicted molar refractivity (Wildman–Crippen MR) is 66.8 cm³/mol. The van der Waals surface area contributed by atoms with E-state index in [0.29, 0.717) is 23.9 Å². The number of rotatable bonds is 0. The van der Waals surface area contributed by atoms with E-state index in [1.54, 1.807) is 0 Å². The van der Waals surface area contributed by atoms with Crippen molar-refractivity contribution in [2.45, 2.75) is 50.5 Å². The lowest BCUT2D eigenvalue weighted by Crippen LogP contribution is -2.61. The van der Waals surface area contributed by atoms with Crippen molar-refractivity contribution in [2.24, 2.45) is 17.3 Å². The zero-order chi connectivity index (χ0) is 12.4. The molecule has 0 aromatic rings. The van der Waals surface area contributed by atoms with Crippen LogP contribution in [0, 0.1) is 17.3 Å². The van der Waals surface area contributed by atoms with Gasteiger partial charge in [0.1, 0.15) is 17.1 Å².